The Bertz CT molecular complexity index is 460. The van der Waals surface area contributed by atoms with E-state index < -0.39 is 0 Å². The van der Waals surface area contributed by atoms with Gasteiger partial charge in [-0.25, -0.2) is 9.98 Å². The van der Waals surface area contributed by atoms with Crippen molar-refractivity contribution < 1.29 is 4.74 Å². The van der Waals surface area contributed by atoms with Gasteiger partial charge in [0.1, 0.15) is 0 Å². The van der Waals surface area contributed by atoms with Gasteiger partial charge < -0.3 is 15.4 Å². The van der Waals surface area contributed by atoms with Gasteiger partial charge in [0.15, 0.2) is 5.96 Å². The van der Waals surface area contributed by atoms with Crippen LogP contribution in [-0.2, 0) is 6.54 Å². The Morgan fingerprint density at radius 2 is 2.27 bits per heavy atom. The molecule has 0 atom stereocenters. The van der Waals surface area contributed by atoms with Crippen LogP contribution in [0.25, 0.3) is 0 Å². The van der Waals surface area contributed by atoms with Crippen LogP contribution in [0.2, 0.25) is 0 Å². The lowest BCUT2D eigenvalue weighted by molar-refractivity contribution is 0.288. The van der Waals surface area contributed by atoms with Gasteiger partial charge in [-0.15, -0.1) is 0 Å². The standard InChI is InChI=1S/C16H26N4OS/c1-3-17-16(18-8-9-22-2)20-11-14-6-7-15(19-10-14)21-12-13-4-5-13/h6-7,10,13H,3-5,8-9,11-12H2,1-2H3,(H2,17,18,20). The SMILES string of the molecule is CCNC(=NCc1ccc(OCC2CC2)nc1)NCCSC. The highest BCUT2D eigenvalue weighted by molar-refractivity contribution is 7.98. The van der Waals surface area contributed by atoms with E-state index in [1.54, 1.807) is 0 Å². The monoisotopic (exact) mass is 322 g/mol. The molecule has 122 valence electrons. The summed E-state index contributed by atoms with van der Waals surface area (Å²) in [6, 6.07) is 3.96. The van der Waals surface area contributed by atoms with E-state index in [2.05, 4.69) is 33.8 Å². The molecule has 1 aliphatic rings. The number of pyridine rings is 1. The van der Waals surface area contributed by atoms with Crippen molar-refractivity contribution in [2.45, 2.75) is 26.3 Å². The zero-order chi connectivity index (χ0) is 15.6. The van der Waals surface area contributed by atoms with Crippen LogP contribution >= 0.6 is 11.8 Å². The fourth-order valence-corrected chi connectivity index (χ4v) is 2.17. The highest BCUT2D eigenvalue weighted by Gasteiger charge is 2.21. The maximum Gasteiger partial charge on any atom is 0.213 e. The Kier molecular flexibility index (Phi) is 7.36. The molecule has 0 aromatic carbocycles. The number of aromatic nitrogens is 1. The van der Waals surface area contributed by atoms with Crippen molar-refractivity contribution in [3.8, 4) is 5.88 Å². The lowest BCUT2D eigenvalue weighted by atomic mass is 10.3. The summed E-state index contributed by atoms with van der Waals surface area (Å²) >= 11 is 1.82. The molecule has 6 heteroatoms. The number of thioether (sulfide) groups is 1. The molecule has 0 aliphatic heterocycles. The van der Waals surface area contributed by atoms with Crippen molar-refractivity contribution in [3.05, 3.63) is 23.9 Å². The molecule has 2 N–H and O–H groups in total. The van der Waals surface area contributed by atoms with Crippen molar-refractivity contribution in [1.29, 1.82) is 0 Å². The third-order valence-corrected chi connectivity index (χ3v) is 3.94. The van der Waals surface area contributed by atoms with Crippen LogP contribution < -0.4 is 15.4 Å². The molecule has 0 spiro atoms. The van der Waals surface area contributed by atoms with Crippen LogP contribution in [0.4, 0.5) is 0 Å². The molecule has 1 aromatic heterocycles. The van der Waals surface area contributed by atoms with Crippen LogP contribution in [0, 0.1) is 5.92 Å². The van der Waals surface area contributed by atoms with Crippen LogP contribution in [0.3, 0.4) is 0 Å². The Balaban J connectivity index is 1.80. The van der Waals surface area contributed by atoms with Crippen LogP contribution in [0.15, 0.2) is 23.3 Å². The summed E-state index contributed by atoms with van der Waals surface area (Å²) in [5.74, 6) is 3.38. The van der Waals surface area contributed by atoms with E-state index in [9.17, 15) is 0 Å². The zero-order valence-corrected chi connectivity index (χ0v) is 14.3. The van der Waals surface area contributed by atoms with E-state index in [0.717, 1.165) is 42.9 Å². The minimum atomic E-state index is 0.616. The average Bonchev–Trinajstić information content (AvgIpc) is 3.36. The van der Waals surface area contributed by atoms with Crippen molar-refractivity contribution in [3.63, 3.8) is 0 Å². The number of nitrogens with zero attached hydrogens (tertiary/aromatic N) is 2. The molecule has 0 radical (unpaired) electrons. The molecule has 0 saturated heterocycles. The first-order chi connectivity index (χ1) is 10.8. The Hall–Kier alpha value is -1.43. The Morgan fingerprint density at radius 3 is 2.91 bits per heavy atom. The number of guanidine groups is 1. The highest BCUT2D eigenvalue weighted by Crippen LogP contribution is 2.29. The maximum atomic E-state index is 5.64. The average molecular weight is 322 g/mol. The molecule has 2 rings (SSSR count). The van der Waals surface area contributed by atoms with Gasteiger partial charge in [-0.05, 0) is 37.5 Å². The molecule has 0 bridgehead atoms. The number of hydrogen-bond donors (Lipinski definition) is 2. The molecular weight excluding hydrogens is 296 g/mol. The van der Waals surface area contributed by atoms with Gasteiger partial charge in [0.05, 0.1) is 13.2 Å². The molecule has 1 saturated carbocycles. The first kappa shape index (κ1) is 16.9. The van der Waals surface area contributed by atoms with Crippen molar-refractivity contribution in [2.75, 3.05) is 31.7 Å². The van der Waals surface area contributed by atoms with E-state index in [1.807, 2.05) is 30.1 Å². The fourth-order valence-electron chi connectivity index (χ4n) is 1.86. The van der Waals surface area contributed by atoms with Crippen molar-refractivity contribution in [1.82, 2.24) is 15.6 Å². The molecule has 1 fully saturated rings. The Labute approximate surface area is 137 Å². The third-order valence-electron chi connectivity index (χ3n) is 3.32. The van der Waals surface area contributed by atoms with Gasteiger partial charge in [0, 0.05) is 31.1 Å². The van der Waals surface area contributed by atoms with Gasteiger partial charge in [-0.1, -0.05) is 6.07 Å². The van der Waals surface area contributed by atoms with Gasteiger partial charge in [0.25, 0.3) is 0 Å². The molecule has 1 aromatic rings. The minimum absolute atomic E-state index is 0.616. The molecule has 1 heterocycles. The zero-order valence-electron chi connectivity index (χ0n) is 13.5. The van der Waals surface area contributed by atoms with E-state index in [0.29, 0.717) is 12.4 Å². The number of nitrogens with one attached hydrogen (secondary N) is 2. The summed E-state index contributed by atoms with van der Waals surface area (Å²) in [5.41, 5.74) is 1.08. The number of aliphatic imine (C=N–C) groups is 1. The lowest BCUT2D eigenvalue weighted by Crippen LogP contribution is -2.38. The second-order valence-electron chi connectivity index (χ2n) is 5.37. The number of hydrogen-bond acceptors (Lipinski definition) is 4. The second-order valence-corrected chi connectivity index (χ2v) is 6.36. The highest BCUT2D eigenvalue weighted by atomic mass is 32.2. The summed E-state index contributed by atoms with van der Waals surface area (Å²) < 4.78 is 5.64. The summed E-state index contributed by atoms with van der Waals surface area (Å²) in [4.78, 5) is 8.92. The van der Waals surface area contributed by atoms with E-state index in [4.69, 9.17) is 4.74 Å². The summed E-state index contributed by atoms with van der Waals surface area (Å²) in [6.45, 7) is 5.26. The van der Waals surface area contributed by atoms with E-state index in [-0.39, 0.29) is 0 Å². The molecule has 0 unspecified atom stereocenters. The normalized spacial score (nSPS) is 14.7. The predicted molar refractivity (Wildman–Crippen MR) is 93.7 cm³/mol. The lowest BCUT2D eigenvalue weighted by Gasteiger charge is -2.10. The van der Waals surface area contributed by atoms with Gasteiger partial charge in [-0.3, -0.25) is 0 Å². The van der Waals surface area contributed by atoms with Crippen molar-refractivity contribution in [2.24, 2.45) is 10.9 Å². The summed E-state index contributed by atoms with van der Waals surface area (Å²) in [5, 5.41) is 6.56. The summed E-state index contributed by atoms with van der Waals surface area (Å²) in [6.07, 6.45) is 6.54. The van der Waals surface area contributed by atoms with Crippen molar-refractivity contribution >= 4 is 17.7 Å². The molecule has 5 nitrogen and oxygen atoms in total. The van der Waals surface area contributed by atoms with Gasteiger partial charge in [0.2, 0.25) is 5.88 Å². The van der Waals surface area contributed by atoms with Crippen LogP contribution in [0.1, 0.15) is 25.3 Å². The predicted octanol–water partition coefficient (Wildman–Crippen LogP) is 2.29. The third kappa shape index (κ3) is 6.56. The molecule has 1 aliphatic carbocycles. The van der Waals surface area contributed by atoms with Gasteiger partial charge >= 0.3 is 0 Å². The first-order valence-corrected chi connectivity index (χ1v) is 9.30. The van der Waals surface area contributed by atoms with Crippen LogP contribution in [-0.4, -0.2) is 42.6 Å². The largest absolute Gasteiger partial charge is 0.477 e. The minimum Gasteiger partial charge on any atom is -0.477 e. The fraction of sp³-hybridized carbons (Fsp3) is 0.625. The molecule has 0 amide bonds. The van der Waals surface area contributed by atoms with E-state index >= 15 is 0 Å². The maximum absolute atomic E-state index is 5.64. The van der Waals surface area contributed by atoms with E-state index in [1.165, 1.54) is 12.8 Å². The smallest absolute Gasteiger partial charge is 0.213 e. The second kappa shape index (κ2) is 9.56. The quantitative estimate of drug-likeness (QED) is 0.415. The topological polar surface area (TPSA) is 58.5 Å². The number of ether oxygens (including phenoxy) is 1. The Morgan fingerprint density at radius 1 is 1.41 bits per heavy atom. The molecular formula is C16H26N4OS. The molecule has 22 heavy (non-hydrogen) atoms. The first-order valence-electron chi connectivity index (χ1n) is 7.90. The summed E-state index contributed by atoms with van der Waals surface area (Å²) in [7, 11) is 0. The van der Waals surface area contributed by atoms with Crippen LogP contribution in [0.5, 0.6) is 5.88 Å². The number of rotatable bonds is 9. The van der Waals surface area contributed by atoms with Gasteiger partial charge in [-0.2, -0.15) is 11.8 Å².